The van der Waals surface area contributed by atoms with Crippen LogP contribution in [0.2, 0.25) is 0 Å². The molecule has 1 unspecified atom stereocenters. The maximum Gasteiger partial charge on any atom is 0.120 e. The Hall–Kier alpha value is -0.760. The monoisotopic (exact) mass is 235 g/mol. The third-order valence-electron chi connectivity index (χ3n) is 4.04. The van der Waals surface area contributed by atoms with Gasteiger partial charge in [-0.1, -0.05) is 19.8 Å². The Morgan fingerprint density at radius 1 is 1.29 bits per heavy atom. The van der Waals surface area contributed by atoms with Crippen LogP contribution in [0.15, 0.2) is 16.5 Å². The molecule has 96 valence electrons. The van der Waals surface area contributed by atoms with E-state index in [0.29, 0.717) is 6.04 Å². The van der Waals surface area contributed by atoms with Gasteiger partial charge >= 0.3 is 0 Å². The van der Waals surface area contributed by atoms with E-state index in [2.05, 4.69) is 25.2 Å². The van der Waals surface area contributed by atoms with Gasteiger partial charge < -0.3 is 9.73 Å². The summed E-state index contributed by atoms with van der Waals surface area (Å²) in [7, 11) is 0. The first kappa shape index (κ1) is 12.7. The highest BCUT2D eigenvalue weighted by atomic mass is 16.3. The first-order chi connectivity index (χ1) is 8.15. The molecule has 1 atom stereocenters. The lowest BCUT2D eigenvalue weighted by Crippen LogP contribution is -2.28. The topological polar surface area (TPSA) is 25.2 Å². The summed E-state index contributed by atoms with van der Waals surface area (Å²) >= 11 is 0. The zero-order valence-electron chi connectivity index (χ0n) is 11.3. The average molecular weight is 235 g/mol. The van der Waals surface area contributed by atoms with E-state index < -0.39 is 0 Å². The molecule has 1 aromatic rings. The molecule has 2 rings (SSSR count). The Balaban J connectivity index is 1.74. The third kappa shape index (κ3) is 3.60. The van der Waals surface area contributed by atoms with Gasteiger partial charge in [0.15, 0.2) is 0 Å². The number of hydrogen-bond donors (Lipinski definition) is 1. The summed E-state index contributed by atoms with van der Waals surface area (Å²) in [5.74, 6) is 3.87. The number of hydrogen-bond acceptors (Lipinski definition) is 2. The number of aryl methyl sites for hydroxylation is 1. The molecule has 0 aliphatic heterocycles. The fourth-order valence-corrected chi connectivity index (χ4v) is 2.66. The van der Waals surface area contributed by atoms with Crippen molar-refractivity contribution in [3.8, 4) is 0 Å². The molecule has 1 fully saturated rings. The second-order valence-corrected chi connectivity index (χ2v) is 5.70. The molecule has 1 aliphatic carbocycles. The maximum atomic E-state index is 5.64. The van der Waals surface area contributed by atoms with Crippen LogP contribution in [-0.4, -0.2) is 6.54 Å². The summed E-state index contributed by atoms with van der Waals surface area (Å²) in [6.45, 7) is 7.69. The van der Waals surface area contributed by atoms with Crippen molar-refractivity contribution in [1.82, 2.24) is 5.32 Å². The second kappa shape index (κ2) is 5.72. The molecule has 0 aromatic carbocycles. The van der Waals surface area contributed by atoms with Gasteiger partial charge in [0, 0.05) is 0 Å². The molecule has 2 nitrogen and oxygen atoms in total. The summed E-state index contributed by atoms with van der Waals surface area (Å²) < 4.78 is 5.64. The minimum atomic E-state index is 0.336. The Kier molecular flexibility index (Phi) is 4.27. The fourth-order valence-electron chi connectivity index (χ4n) is 2.66. The first-order valence-corrected chi connectivity index (χ1v) is 6.95. The van der Waals surface area contributed by atoms with Gasteiger partial charge in [-0.3, -0.25) is 0 Å². The highest BCUT2D eigenvalue weighted by Gasteiger charge is 2.19. The molecular formula is C15H25NO. The lowest BCUT2D eigenvalue weighted by Gasteiger charge is -2.27. The number of nitrogens with one attached hydrogen (secondary N) is 1. The molecule has 1 aliphatic rings. The quantitative estimate of drug-likeness (QED) is 0.851. The van der Waals surface area contributed by atoms with Crippen molar-refractivity contribution in [3.05, 3.63) is 23.7 Å². The van der Waals surface area contributed by atoms with E-state index in [4.69, 9.17) is 4.42 Å². The molecule has 0 saturated heterocycles. The molecule has 0 spiro atoms. The highest BCUT2D eigenvalue weighted by molar-refractivity contribution is 5.08. The summed E-state index contributed by atoms with van der Waals surface area (Å²) in [6, 6.07) is 4.45. The van der Waals surface area contributed by atoms with Crippen molar-refractivity contribution in [2.75, 3.05) is 6.54 Å². The zero-order valence-corrected chi connectivity index (χ0v) is 11.3. The summed E-state index contributed by atoms with van der Waals surface area (Å²) in [6.07, 6.45) is 5.58. The summed E-state index contributed by atoms with van der Waals surface area (Å²) in [4.78, 5) is 0. The number of rotatable bonds is 4. The zero-order chi connectivity index (χ0) is 12.3. The van der Waals surface area contributed by atoms with Gasteiger partial charge in [-0.2, -0.15) is 0 Å². The van der Waals surface area contributed by atoms with Gasteiger partial charge in [-0.05, 0) is 57.2 Å². The van der Waals surface area contributed by atoms with Crippen molar-refractivity contribution < 1.29 is 4.42 Å². The summed E-state index contributed by atoms with van der Waals surface area (Å²) in [5.41, 5.74) is 0. The molecule has 0 radical (unpaired) electrons. The van der Waals surface area contributed by atoms with Crippen LogP contribution in [0.5, 0.6) is 0 Å². The molecular weight excluding hydrogens is 210 g/mol. The van der Waals surface area contributed by atoms with Crippen LogP contribution >= 0.6 is 0 Å². The smallest absolute Gasteiger partial charge is 0.120 e. The van der Waals surface area contributed by atoms with Crippen LogP contribution < -0.4 is 5.32 Å². The van der Waals surface area contributed by atoms with Crippen LogP contribution in [-0.2, 0) is 0 Å². The van der Waals surface area contributed by atoms with Crippen LogP contribution in [0.3, 0.4) is 0 Å². The maximum absolute atomic E-state index is 5.64. The standard InChI is InChI=1S/C15H25NO/c1-11-4-7-14(8-5-11)10-16-13(3)15-9-6-12(2)17-15/h6,9,11,13-14,16H,4-5,7-8,10H2,1-3H3. The van der Waals surface area contributed by atoms with Gasteiger partial charge in [0.25, 0.3) is 0 Å². The van der Waals surface area contributed by atoms with E-state index in [0.717, 1.165) is 29.9 Å². The van der Waals surface area contributed by atoms with E-state index >= 15 is 0 Å². The molecule has 0 bridgehead atoms. The van der Waals surface area contributed by atoms with E-state index in [1.807, 2.05) is 13.0 Å². The van der Waals surface area contributed by atoms with E-state index in [9.17, 15) is 0 Å². The van der Waals surface area contributed by atoms with Crippen molar-refractivity contribution in [2.45, 2.75) is 52.5 Å². The van der Waals surface area contributed by atoms with Crippen LogP contribution in [0, 0.1) is 18.8 Å². The molecule has 0 amide bonds. The van der Waals surface area contributed by atoms with Gasteiger partial charge in [-0.15, -0.1) is 0 Å². The van der Waals surface area contributed by atoms with Crippen LogP contribution in [0.25, 0.3) is 0 Å². The van der Waals surface area contributed by atoms with Crippen LogP contribution in [0.4, 0.5) is 0 Å². The Morgan fingerprint density at radius 2 is 2.00 bits per heavy atom. The predicted octanol–water partition coefficient (Wildman–Crippen LogP) is 4.06. The van der Waals surface area contributed by atoms with Crippen molar-refractivity contribution in [1.29, 1.82) is 0 Å². The molecule has 1 saturated carbocycles. The normalized spacial score (nSPS) is 27.0. The SMILES string of the molecule is Cc1ccc(C(C)NCC2CCC(C)CC2)o1. The average Bonchev–Trinajstić information content (AvgIpc) is 2.75. The first-order valence-electron chi connectivity index (χ1n) is 6.95. The molecule has 2 heteroatoms. The van der Waals surface area contributed by atoms with Crippen molar-refractivity contribution in [2.24, 2.45) is 11.8 Å². The molecule has 1 aromatic heterocycles. The van der Waals surface area contributed by atoms with Gasteiger partial charge in [-0.25, -0.2) is 0 Å². The highest BCUT2D eigenvalue weighted by Crippen LogP contribution is 2.28. The van der Waals surface area contributed by atoms with E-state index in [1.54, 1.807) is 0 Å². The largest absolute Gasteiger partial charge is 0.465 e. The van der Waals surface area contributed by atoms with Crippen molar-refractivity contribution in [3.63, 3.8) is 0 Å². The van der Waals surface area contributed by atoms with Gasteiger partial charge in [0.2, 0.25) is 0 Å². The number of furan rings is 1. The van der Waals surface area contributed by atoms with Crippen molar-refractivity contribution >= 4 is 0 Å². The minimum absolute atomic E-state index is 0.336. The van der Waals surface area contributed by atoms with Gasteiger partial charge in [0.1, 0.15) is 11.5 Å². The van der Waals surface area contributed by atoms with E-state index in [1.165, 1.54) is 25.7 Å². The third-order valence-corrected chi connectivity index (χ3v) is 4.04. The Labute approximate surface area is 105 Å². The minimum Gasteiger partial charge on any atom is -0.465 e. The second-order valence-electron chi connectivity index (χ2n) is 5.70. The lowest BCUT2D eigenvalue weighted by atomic mass is 9.83. The Bertz CT molecular complexity index is 336. The van der Waals surface area contributed by atoms with Crippen LogP contribution in [0.1, 0.15) is 57.1 Å². The van der Waals surface area contributed by atoms with Gasteiger partial charge in [0.05, 0.1) is 6.04 Å². The summed E-state index contributed by atoms with van der Waals surface area (Å²) in [5, 5.41) is 3.60. The molecule has 1 heterocycles. The predicted molar refractivity (Wildman–Crippen MR) is 71.0 cm³/mol. The molecule has 17 heavy (non-hydrogen) atoms. The Morgan fingerprint density at radius 3 is 2.59 bits per heavy atom. The fraction of sp³-hybridized carbons (Fsp3) is 0.733. The lowest BCUT2D eigenvalue weighted by molar-refractivity contribution is 0.271. The molecule has 1 N–H and O–H groups in total. The van der Waals surface area contributed by atoms with E-state index in [-0.39, 0.29) is 0 Å².